The smallest absolute Gasteiger partial charge is 0.317 e. The first-order valence-electron chi connectivity index (χ1n) is 13.0. The average molecular weight is 522 g/mol. The fourth-order valence-electron chi connectivity index (χ4n) is 4.89. The van der Waals surface area contributed by atoms with Crippen molar-refractivity contribution in [1.29, 1.82) is 0 Å². The molecule has 0 spiro atoms. The zero-order valence-electron chi connectivity index (χ0n) is 22.0. The number of allylic oxidation sites excluding steroid dienone is 2. The summed E-state index contributed by atoms with van der Waals surface area (Å²) in [6, 6.07) is 15.6. The van der Waals surface area contributed by atoms with Crippen LogP contribution in [0.4, 0.5) is 13.2 Å². The SMILES string of the molecule is C/C(=C\C=N/CNC(C)c1ccccc1)c1c(-c2cccc(C(F)(F)F)c2)nnc(C2CCNCC2)c1C. The van der Waals surface area contributed by atoms with Gasteiger partial charge in [-0.15, -0.1) is 5.10 Å². The van der Waals surface area contributed by atoms with Crippen LogP contribution < -0.4 is 10.6 Å². The molecule has 5 nitrogen and oxygen atoms in total. The molecular weight excluding hydrogens is 487 g/mol. The number of alkyl halides is 3. The zero-order chi connectivity index (χ0) is 27.1. The van der Waals surface area contributed by atoms with Gasteiger partial charge in [0.25, 0.3) is 0 Å². The van der Waals surface area contributed by atoms with Crippen molar-refractivity contribution in [3.8, 4) is 11.3 Å². The highest BCUT2D eigenvalue weighted by atomic mass is 19.4. The summed E-state index contributed by atoms with van der Waals surface area (Å²) in [6.07, 6.45) is 1.10. The Hall–Kier alpha value is -3.36. The van der Waals surface area contributed by atoms with Crippen LogP contribution in [-0.4, -0.2) is 36.2 Å². The summed E-state index contributed by atoms with van der Waals surface area (Å²) >= 11 is 0. The fraction of sp³-hybridized carbons (Fsp3) is 0.367. The first-order chi connectivity index (χ1) is 18.3. The quantitative estimate of drug-likeness (QED) is 0.323. The molecule has 200 valence electrons. The molecule has 1 aromatic heterocycles. The summed E-state index contributed by atoms with van der Waals surface area (Å²) in [5.41, 5.74) is 4.88. The number of benzene rings is 2. The largest absolute Gasteiger partial charge is 0.416 e. The first-order valence-corrected chi connectivity index (χ1v) is 13.0. The van der Waals surface area contributed by atoms with Crippen molar-refractivity contribution in [3.63, 3.8) is 0 Å². The Morgan fingerprint density at radius 3 is 2.55 bits per heavy atom. The van der Waals surface area contributed by atoms with E-state index in [0.29, 0.717) is 17.9 Å². The molecule has 0 amide bonds. The summed E-state index contributed by atoms with van der Waals surface area (Å²) in [7, 11) is 0. The van der Waals surface area contributed by atoms with Crippen molar-refractivity contribution in [2.24, 2.45) is 4.99 Å². The second kappa shape index (κ2) is 12.5. The van der Waals surface area contributed by atoms with Crippen molar-refractivity contribution in [3.05, 3.63) is 88.6 Å². The molecule has 1 fully saturated rings. The molecule has 1 unspecified atom stereocenters. The highest BCUT2D eigenvalue weighted by molar-refractivity contribution is 5.89. The van der Waals surface area contributed by atoms with Crippen molar-refractivity contribution < 1.29 is 13.2 Å². The van der Waals surface area contributed by atoms with E-state index in [1.54, 1.807) is 12.3 Å². The van der Waals surface area contributed by atoms with Crippen molar-refractivity contribution in [2.45, 2.75) is 51.7 Å². The molecule has 0 aliphatic carbocycles. The fourth-order valence-corrected chi connectivity index (χ4v) is 4.89. The van der Waals surface area contributed by atoms with Gasteiger partial charge >= 0.3 is 6.18 Å². The first kappa shape index (κ1) is 27.7. The van der Waals surface area contributed by atoms with Gasteiger partial charge in [0.1, 0.15) is 5.69 Å². The highest BCUT2D eigenvalue weighted by Gasteiger charge is 2.31. The highest BCUT2D eigenvalue weighted by Crippen LogP contribution is 2.37. The minimum absolute atomic E-state index is 0.158. The van der Waals surface area contributed by atoms with Crippen molar-refractivity contribution in [1.82, 2.24) is 20.8 Å². The van der Waals surface area contributed by atoms with Crippen LogP contribution in [0, 0.1) is 6.92 Å². The molecule has 0 saturated carbocycles. The van der Waals surface area contributed by atoms with Crippen LogP contribution in [0.2, 0.25) is 0 Å². The lowest BCUT2D eigenvalue weighted by molar-refractivity contribution is -0.137. The third kappa shape index (κ3) is 6.74. The summed E-state index contributed by atoms with van der Waals surface area (Å²) in [6.45, 7) is 8.28. The van der Waals surface area contributed by atoms with Gasteiger partial charge in [-0.25, -0.2) is 0 Å². The molecule has 1 aliphatic rings. The van der Waals surface area contributed by atoms with Crippen molar-refractivity contribution in [2.75, 3.05) is 19.8 Å². The predicted molar refractivity (Wildman–Crippen MR) is 147 cm³/mol. The van der Waals surface area contributed by atoms with Gasteiger partial charge in [-0.1, -0.05) is 42.5 Å². The molecule has 1 atom stereocenters. The van der Waals surface area contributed by atoms with E-state index in [2.05, 4.69) is 44.9 Å². The number of aliphatic imine (C=N–C) groups is 1. The second-order valence-corrected chi connectivity index (χ2v) is 9.71. The van der Waals surface area contributed by atoms with E-state index in [1.165, 1.54) is 11.6 Å². The van der Waals surface area contributed by atoms with Crippen LogP contribution >= 0.6 is 0 Å². The predicted octanol–water partition coefficient (Wildman–Crippen LogP) is 6.72. The number of hydrogen-bond acceptors (Lipinski definition) is 5. The minimum Gasteiger partial charge on any atom is -0.317 e. The molecule has 1 aliphatic heterocycles. The molecular formula is C30H34F3N5. The minimum atomic E-state index is -4.44. The van der Waals surface area contributed by atoms with Crippen LogP contribution in [0.25, 0.3) is 16.8 Å². The van der Waals surface area contributed by atoms with Gasteiger partial charge in [-0.05, 0) is 81.6 Å². The maximum absolute atomic E-state index is 13.5. The lowest BCUT2D eigenvalue weighted by Crippen LogP contribution is -2.27. The number of aromatic nitrogens is 2. The normalized spacial score (nSPS) is 16.2. The molecule has 2 heterocycles. The van der Waals surface area contributed by atoms with E-state index in [1.807, 2.05) is 38.1 Å². The number of hydrogen-bond donors (Lipinski definition) is 2. The van der Waals surface area contributed by atoms with E-state index in [0.717, 1.165) is 60.5 Å². The van der Waals surface area contributed by atoms with Crippen molar-refractivity contribution >= 4 is 11.8 Å². The van der Waals surface area contributed by atoms with E-state index in [4.69, 9.17) is 0 Å². The Balaban J connectivity index is 1.63. The lowest BCUT2D eigenvalue weighted by Gasteiger charge is -2.25. The second-order valence-electron chi connectivity index (χ2n) is 9.71. The summed E-state index contributed by atoms with van der Waals surface area (Å²) in [4.78, 5) is 4.49. The van der Waals surface area contributed by atoms with E-state index < -0.39 is 11.7 Å². The van der Waals surface area contributed by atoms with Crippen LogP contribution in [-0.2, 0) is 6.18 Å². The number of nitrogens with zero attached hydrogens (tertiary/aromatic N) is 3. The Bertz CT molecular complexity index is 1280. The van der Waals surface area contributed by atoms with Gasteiger partial charge in [0.2, 0.25) is 0 Å². The average Bonchev–Trinajstić information content (AvgIpc) is 2.93. The monoisotopic (exact) mass is 521 g/mol. The molecule has 2 aromatic carbocycles. The topological polar surface area (TPSA) is 62.2 Å². The number of rotatable bonds is 8. The third-order valence-corrected chi connectivity index (χ3v) is 7.06. The Kier molecular flexibility index (Phi) is 9.07. The van der Waals surface area contributed by atoms with E-state index >= 15 is 0 Å². The number of piperidine rings is 1. The van der Waals surface area contributed by atoms with Crippen LogP contribution in [0.3, 0.4) is 0 Å². The maximum Gasteiger partial charge on any atom is 0.416 e. The van der Waals surface area contributed by atoms with Gasteiger partial charge in [0, 0.05) is 29.3 Å². The van der Waals surface area contributed by atoms with Crippen LogP contribution in [0.5, 0.6) is 0 Å². The Morgan fingerprint density at radius 1 is 1.11 bits per heavy atom. The van der Waals surface area contributed by atoms with Crippen LogP contribution in [0.15, 0.2) is 65.7 Å². The number of nitrogens with one attached hydrogen (secondary N) is 2. The molecule has 1 saturated heterocycles. The maximum atomic E-state index is 13.5. The molecule has 8 heteroatoms. The van der Waals surface area contributed by atoms with Gasteiger partial charge in [0.05, 0.1) is 17.9 Å². The summed E-state index contributed by atoms with van der Waals surface area (Å²) < 4.78 is 40.4. The summed E-state index contributed by atoms with van der Waals surface area (Å²) in [5.74, 6) is 0.267. The third-order valence-electron chi connectivity index (χ3n) is 7.06. The molecule has 38 heavy (non-hydrogen) atoms. The lowest BCUT2D eigenvalue weighted by atomic mass is 9.87. The van der Waals surface area contributed by atoms with Gasteiger partial charge in [-0.3, -0.25) is 10.3 Å². The molecule has 0 radical (unpaired) electrons. The van der Waals surface area contributed by atoms with Gasteiger partial charge in [-0.2, -0.15) is 18.3 Å². The Labute approximate surface area is 222 Å². The molecule has 3 aromatic rings. The van der Waals surface area contributed by atoms with Gasteiger partial charge in [0.15, 0.2) is 0 Å². The van der Waals surface area contributed by atoms with E-state index in [9.17, 15) is 13.2 Å². The molecule has 2 N–H and O–H groups in total. The molecule has 0 bridgehead atoms. The van der Waals surface area contributed by atoms with Crippen LogP contribution in [0.1, 0.15) is 66.6 Å². The Morgan fingerprint density at radius 2 is 1.84 bits per heavy atom. The standard InChI is InChI=1S/C30H34F3N5/c1-20(12-15-35-19-36-22(3)23-8-5-4-6-9-23)27-21(2)28(24-13-16-34-17-14-24)37-38-29(27)25-10-7-11-26(18-25)30(31,32)33/h4-12,15,18,22,24,34,36H,13-14,16-17,19H2,1-3H3/b20-12+,35-15-. The summed E-state index contributed by atoms with van der Waals surface area (Å²) in [5, 5.41) is 15.8. The zero-order valence-corrected chi connectivity index (χ0v) is 22.0. The van der Waals surface area contributed by atoms with Gasteiger partial charge < -0.3 is 5.32 Å². The van der Waals surface area contributed by atoms with E-state index in [-0.39, 0.29) is 12.0 Å². The number of halogens is 3. The molecule has 4 rings (SSSR count).